The summed E-state index contributed by atoms with van der Waals surface area (Å²) in [6.07, 6.45) is 0. The molecule has 2 heterocycles. The largest absolute Gasteiger partial charge is 0.382 e. The highest BCUT2D eigenvalue weighted by Gasteiger charge is 2.16. The van der Waals surface area contributed by atoms with E-state index in [1.165, 1.54) is 0 Å². The van der Waals surface area contributed by atoms with E-state index in [4.69, 9.17) is 5.73 Å². The number of aromatic amines is 1. The molecule has 0 atom stereocenters. The number of fused-ring (bicyclic) bond motifs is 1. The van der Waals surface area contributed by atoms with Crippen molar-refractivity contribution in [3.8, 4) is 0 Å². The Balaban J connectivity index is 2.84. The van der Waals surface area contributed by atoms with Gasteiger partial charge in [-0.1, -0.05) is 13.8 Å². The predicted molar refractivity (Wildman–Crippen MR) is 67.0 cm³/mol. The van der Waals surface area contributed by atoms with Gasteiger partial charge in [0, 0.05) is 12.0 Å². The van der Waals surface area contributed by atoms with Crippen LogP contribution in [0.4, 0.5) is 5.82 Å². The molecule has 0 fully saturated rings. The van der Waals surface area contributed by atoms with Gasteiger partial charge in [0.1, 0.15) is 11.3 Å². The highest BCUT2D eigenvalue weighted by molar-refractivity contribution is 5.81. The van der Waals surface area contributed by atoms with Crippen LogP contribution in [0.5, 0.6) is 0 Å². The SMILES string of the molecule is CC(C)c1nc(N)c2[nH]c(=O)n(C(C)C)c2n1. The zero-order chi connectivity index (χ0) is 12.7. The van der Waals surface area contributed by atoms with Crippen molar-refractivity contribution in [2.24, 2.45) is 0 Å². The summed E-state index contributed by atoms with van der Waals surface area (Å²) in [6.45, 7) is 7.85. The third-order valence-corrected chi connectivity index (χ3v) is 2.65. The van der Waals surface area contributed by atoms with Crippen LogP contribution in [0.25, 0.3) is 11.2 Å². The summed E-state index contributed by atoms with van der Waals surface area (Å²) >= 11 is 0. The summed E-state index contributed by atoms with van der Waals surface area (Å²) < 4.78 is 1.60. The Morgan fingerprint density at radius 1 is 1.24 bits per heavy atom. The Labute approximate surface area is 98.9 Å². The highest BCUT2D eigenvalue weighted by atomic mass is 16.1. The molecule has 0 spiro atoms. The van der Waals surface area contributed by atoms with Gasteiger partial charge in [0.05, 0.1) is 0 Å². The van der Waals surface area contributed by atoms with Crippen molar-refractivity contribution in [1.29, 1.82) is 0 Å². The van der Waals surface area contributed by atoms with Crippen LogP contribution in [0.3, 0.4) is 0 Å². The fourth-order valence-electron chi connectivity index (χ4n) is 1.78. The molecule has 0 unspecified atom stereocenters. The maximum atomic E-state index is 11.8. The fraction of sp³-hybridized carbons (Fsp3) is 0.545. The molecular formula is C11H17N5O. The van der Waals surface area contributed by atoms with Gasteiger partial charge in [-0.15, -0.1) is 0 Å². The molecule has 2 aromatic rings. The molecule has 6 nitrogen and oxygen atoms in total. The number of anilines is 1. The third-order valence-electron chi connectivity index (χ3n) is 2.65. The summed E-state index contributed by atoms with van der Waals surface area (Å²) in [5, 5.41) is 0. The Hall–Kier alpha value is -1.85. The summed E-state index contributed by atoms with van der Waals surface area (Å²) in [6, 6.07) is 0.0329. The summed E-state index contributed by atoms with van der Waals surface area (Å²) in [4.78, 5) is 23.1. The Morgan fingerprint density at radius 2 is 1.88 bits per heavy atom. The number of nitrogens with zero attached hydrogens (tertiary/aromatic N) is 3. The van der Waals surface area contributed by atoms with E-state index in [-0.39, 0.29) is 17.6 Å². The zero-order valence-corrected chi connectivity index (χ0v) is 10.5. The van der Waals surface area contributed by atoms with E-state index in [0.717, 1.165) is 0 Å². The Bertz CT molecular complexity index is 608. The maximum absolute atomic E-state index is 11.8. The summed E-state index contributed by atoms with van der Waals surface area (Å²) in [5.41, 5.74) is 6.75. The summed E-state index contributed by atoms with van der Waals surface area (Å²) in [5.74, 6) is 1.16. The number of hydrogen-bond acceptors (Lipinski definition) is 4. The predicted octanol–water partition coefficient (Wildman–Crippen LogP) is 1.41. The van der Waals surface area contributed by atoms with Gasteiger partial charge in [0.2, 0.25) is 0 Å². The second kappa shape index (κ2) is 3.87. The minimum Gasteiger partial charge on any atom is -0.382 e. The third kappa shape index (κ3) is 1.79. The quantitative estimate of drug-likeness (QED) is 0.823. The van der Waals surface area contributed by atoms with Gasteiger partial charge in [-0.3, -0.25) is 4.57 Å². The molecule has 0 aliphatic heterocycles. The number of rotatable bonds is 2. The van der Waals surface area contributed by atoms with Crippen LogP contribution in [0, 0.1) is 0 Å². The first kappa shape index (κ1) is 11.6. The average Bonchev–Trinajstić information content (AvgIpc) is 2.54. The van der Waals surface area contributed by atoms with Crippen LogP contribution >= 0.6 is 0 Å². The second-order valence-corrected chi connectivity index (χ2v) is 4.71. The normalized spacial score (nSPS) is 11.9. The van der Waals surface area contributed by atoms with E-state index in [1.807, 2.05) is 27.7 Å². The van der Waals surface area contributed by atoms with Crippen LogP contribution in [-0.4, -0.2) is 19.5 Å². The number of imidazole rings is 1. The topological polar surface area (TPSA) is 89.6 Å². The van der Waals surface area contributed by atoms with Gasteiger partial charge in [0.15, 0.2) is 11.5 Å². The minimum absolute atomic E-state index is 0.0329. The number of nitrogen functional groups attached to an aromatic ring is 1. The molecule has 3 N–H and O–H groups in total. The van der Waals surface area contributed by atoms with Crippen molar-refractivity contribution in [1.82, 2.24) is 19.5 Å². The monoisotopic (exact) mass is 235 g/mol. The lowest BCUT2D eigenvalue weighted by Crippen LogP contribution is -2.19. The van der Waals surface area contributed by atoms with Gasteiger partial charge in [-0.05, 0) is 13.8 Å². The molecule has 0 aromatic carbocycles. The van der Waals surface area contributed by atoms with E-state index in [1.54, 1.807) is 4.57 Å². The Kier molecular flexibility index (Phi) is 2.65. The molecule has 92 valence electrons. The standard InChI is InChI=1S/C11H17N5O/c1-5(2)9-14-8(12)7-10(15-9)16(6(3)4)11(17)13-7/h5-6H,1-4H3,(H,13,17)(H2,12,14,15). The first-order valence-corrected chi connectivity index (χ1v) is 5.69. The van der Waals surface area contributed by atoms with E-state index < -0.39 is 0 Å². The number of hydrogen-bond donors (Lipinski definition) is 2. The van der Waals surface area contributed by atoms with Crippen LogP contribution in [-0.2, 0) is 0 Å². The molecule has 0 saturated carbocycles. The molecular weight excluding hydrogens is 218 g/mol. The number of nitrogens with two attached hydrogens (primary N) is 1. The van der Waals surface area contributed by atoms with Gasteiger partial charge >= 0.3 is 5.69 Å². The van der Waals surface area contributed by atoms with Crippen LogP contribution in [0.2, 0.25) is 0 Å². The second-order valence-electron chi connectivity index (χ2n) is 4.71. The van der Waals surface area contributed by atoms with Gasteiger partial charge in [-0.25, -0.2) is 14.8 Å². The molecule has 0 bridgehead atoms. The molecule has 0 amide bonds. The van der Waals surface area contributed by atoms with E-state index in [2.05, 4.69) is 15.0 Å². The van der Waals surface area contributed by atoms with Gasteiger partial charge in [-0.2, -0.15) is 0 Å². The van der Waals surface area contributed by atoms with Crippen molar-refractivity contribution in [2.45, 2.75) is 39.7 Å². The molecule has 2 rings (SSSR count). The fourth-order valence-corrected chi connectivity index (χ4v) is 1.78. The van der Waals surface area contributed by atoms with E-state index in [0.29, 0.717) is 22.8 Å². The molecule has 17 heavy (non-hydrogen) atoms. The lowest BCUT2D eigenvalue weighted by atomic mass is 10.2. The lowest BCUT2D eigenvalue weighted by molar-refractivity contribution is 0.591. The molecule has 2 aromatic heterocycles. The molecule has 0 aliphatic carbocycles. The number of nitrogens with one attached hydrogen (secondary N) is 1. The van der Waals surface area contributed by atoms with E-state index >= 15 is 0 Å². The first-order chi connectivity index (χ1) is 7.91. The Morgan fingerprint density at radius 3 is 2.41 bits per heavy atom. The van der Waals surface area contributed by atoms with Crippen molar-refractivity contribution < 1.29 is 0 Å². The van der Waals surface area contributed by atoms with Crippen molar-refractivity contribution >= 4 is 17.0 Å². The van der Waals surface area contributed by atoms with Gasteiger partial charge in [0.25, 0.3) is 0 Å². The maximum Gasteiger partial charge on any atom is 0.328 e. The van der Waals surface area contributed by atoms with Gasteiger partial charge < -0.3 is 10.7 Å². The van der Waals surface area contributed by atoms with E-state index in [9.17, 15) is 4.79 Å². The molecule has 0 aliphatic rings. The van der Waals surface area contributed by atoms with Crippen LogP contribution in [0.15, 0.2) is 4.79 Å². The first-order valence-electron chi connectivity index (χ1n) is 5.69. The molecule has 0 saturated heterocycles. The lowest BCUT2D eigenvalue weighted by Gasteiger charge is -2.09. The number of H-pyrrole nitrogens is 1. The van der Waals surface area contributed by atoms with Crippen molar-refractivity contribution in [3.05, 3.63) is 16.3 Å². The van der Waals surface area contributed by atoms with Crippen LogP contribution < -0.4 is 11.4 Å². The highest BCUT2D eigenvalue weighted by Crippen LogP contribution is 2.20. The van der Waals surface area contributed by atoms with Crippen LogP contribution in [0.1, 0.15) is 45.5 Å². The zero-order valence-electron chi connectivity index (χ0n) is 10.5. The smallest absolute Gasteiger partial charge is 0.328 e. The molecule has 6 heteroatoms. The minimum atomic E-state index is -0.197. The summed E-state index contributed by atoms with van der Waals surface area (Å²) in [7, 11) is 0. The number of aromatic nitrogens is 4. The molecule has 0 radical (unpaired) electrons. The average molecular weight is 235 g/mol. The van der Waals surface area contributed by atoms with Crippen molar-refractivity contribution in [3.63, 3.8) is 0 Å². The van der Waals surface area contributed by atoms with Crippen molar-refractivity contribution in [2.75, 3.05) is 5.73 Å².